The third-order valence-corrected chi connectivity index (χ3v) is 4.57. The van der Waals surface area contributed by atoms with Crippen molar-refractivity contribution in [1.82, 2.24) is 5.43 Å². The molecular weight excluding hydrogens is 256 g/mol. The molecule has 2 rings (SSSR count). The second-order valence-corrected chi connectivity index (χ2v) is 5.95. The highest BCUT2D eigenvalue weighted by atomic mass is 32.1. The van der Waals surface area contributed by atoms with Gasteiger partial charge in [-0.2, -0.15) is 0 Å². The Morgan fingerprint density at radius 1 is 1.32 bits per heavy atom. The maximum absolute atomic E-state index is 5.71. The smallest absolute Gasteiger partial charge is 0.119 e. The number of benzene rings is 1. The molecule has 0 amide bonds. The van der Waals surface area contributed by atoms with E-state index >= 15 is 0 Å². The number of thiophene rings is 1. The first-order chi connectivity index (χ1) is 9.13. The van der Waals surface area contributed by atoms with Crippen molar-refractivity contribution in [3.8, 4) is 5.75 Å². The van der Waals surface area contributed by atoms with E-state index in [1.165, 1.54) is 20.9 Å². The molecule has 0 radical (unpaired) electrons. The SMILES string of the molecule is COc1cccc(CC(NN)c2cc(C)c(C)s2)c1. The van der Waals surface area contributed by atoms with Gasteiger partial charge in [-0.1, -0.05) is 12.1 Å². The van der Waals surface area contributed by atoms with Crippen LogP contribution in [0.5, 0.6) is 5.75 Å². The van der Waals surface area contributed by atoms with Gasteiger partial charge in [0.2, 0.25) is 0 Å². The van der Waals surface area contributed by atoms with Crippen molar-refractivity contribution in [2.24, 2.45) is 5.84 Å². The summed E-state index contributed by atoms with van der Waals surface area (Å²) < 4.78 is 5.25. The third-order valence-electron chi connectivity index (χ3n) is 3.30. The molecule has 0 bridgehead atoms. The van der Waals surface area contributed by atoms with Gasteiger partial charge < -0.3 is 4.74 Å². The molecule has 0 aliphatic heterocycles. The summed E-state index contributed by atoms with van der Waals surface area (Å²) >= 11 is 1.80. The molecule has 102 valence electrons. The van der Waals surface area contributed by atoms with Gasteiger partial charge in [-0.3, -0.25) is 11.3 Å². The zero-order valence-electron chi connectivity index (χ0n) is 11.6. The van der Waals surface area contributed by atoms with Crippen molar-refractivity contribution in [2.75, 3.05) is 7.11 Å². The van der Waals surface area contributed by atoms with Crippen molar-refractivity contribution >= 4 is 11.3 Å². The Morgan fingerprint density at radius 3 is 2.68 bits per heavy atom. The van der Waals surface area contributed by atoms with E-state index in [1.807, 2.05) is 12.1 Å². The number of methoxy groups -OCH3 is 1. The van der Waals surface area contributed by atoms with Gasteiger partial charge >= 0.3 is 0 Å². The van der Waals surface area contributed by atoms with Crippen molar-refractivity contribution < 1.29 is 4.74 Å². The maximum atomic E-state index is 5.71. The minimum atomic E-state index is 0.143. The monoisotopic (exact) mass is 276 g/mol. The molecule has 0 saturated heterocycles. The molecule has 0 aliphatic carbocycles. The lowest BCUT2D eigenvalue weighted by molar-refractivity contribution is 0.414. The van der Waals surface area contributed by atoms with Gasteiger partial charge in [0.25, 0.3) is 0 Å². The molecule has 3 N–H and O–H groups in total. The number of hydrogen-bond acceptors (Lipinski definition) is 4. The fourth-order valence-corrected chi connectivity index (χ4v) is 3.15. The highest BCUT2D eigenvalue weighted by Gasteiger charge is 2.14. The lowest BCUT2D eigenvalue weighted by atomic mass is 10.0. The van der Waals surface area contributed by atoms with Crippen molar-refractivity contribution in [2.45, 2.75) is 26.3 Å². The van der Waals surface area contributed by atoms with E-state index in [0.717, 1.165) is 12.2 Å². The third kappa shape index (κ3) is 3.35. The summed E-state index contributed by atoms with van der Waals surface area (Å²) in [7, 11) is 1.68. The summed E-state index contributed by atoms with van der Waals surface area (Å²) in [6.45, 7) is 4.27. The van der Waals surface area contributed by atoms with E-state index < -0.39 is 0 Å². The first-order valence-electron chi connectivity index (χ1n) is 6.30. The molecule has 0 aliphatic rings. The second-order valence-electron chi connectivity index (χ2n) is 4.66. The Labute approximate surface area is 118 Å². The maximum Gasteiger partial charge on any atom is 0.119 e. The second kappa shape index (κ2) is 6.19. The molecule has 1 aromatic carbocycles. The molecule has 1 atom stereocenters. The standard InChI is InChI=1S/C15H20N2OS/c1-10-7-15(19-11(10)2)14(17-16)9-12-5-4-6-13(8-12)18-3/h4-8,14,17H,9,16H2,1-3H3. The Morgan fingerprint density at radius 2 is 2.11 bits per heavy atom. The van der Waals surface area contributed by atoms with Gasteiger partial charge in [-0.15, -0.1) is 11.3 Å². The number of nitrogens with two attached hydrogens (primary N) is 1. The fraction of sp³-hybridized carbons (Fsp3) is 0.333. The summed E-state index contributed by atoms with van der Waals surface area (Å²) in [5.74, 6) is 6.59. The Hall–Kier alpha value is -1.36. The normalized spacial score (nSPS) is 12.4. The quantitative estimate of drug-likeness (QED) is 0.651. The van der Waals surface area contributed by atoms with Crippen LogP contribution in [0.15, 0.2) is 30.3 Å². The molecule has 19 heavy (non-hydrogen) atoms. The minimum absolute atomic E-state index is 0.143. The van der Waals surface area contributed by atoms with Crippen LogP contribution in [0, 0.1) is 13.8 Å². The van der Waals surface area contributed by atoms with E-state index in [2.05, 4.69) is 37.5 Å². The Kier molecular flexibility index (Phi) is 4.58. The van der Waals surface area contributed by atoms with E-state index in [4.69, 9.17) is 10.6 Å². The van der Waals surface area contributed by atoms with E-state index in [0.29, 0.717) is 0 Å². The molecular formula is C15H20N2OS. The molecule has 0 spiro atoms. The predicted molar refractivity (Wildman–Crippen MR) is 80.6 cm³/mol. The summed E-state index contributed by atoms with van der Waals surface area (Å²) in [6, 6.07) is 10.5. The lowest BCUT2D eigenvalue weighted by Gasteiger charge is -2.14. The molecule has 0 fully saturated rings. The van der Waals surface area contributed by atoms with Gasteiger partial charge in [0.05, 0.1) is 13.2 Å². The highest BCUT2D eigenvalue weighted by Crippen LogP contribution is 2.28. The van der Waals surface area contributed by atoms with Crippen LogP contribution in [0.4, 0.5) is 0 Å². The number of hydrogen-bond donors (Lipinski definition) is 2. The molecule has 4 heteroatoms. The fourth-order valence-electron chi connectivity index (χ4n) is 2.05. The highest BCUT2D eigenvalue weighted by molar-refractivity contribution is 7.12. The average molecular weight is 276 g/mol. The zero-order valence-corrected chi connectivity index (χ0v) is 12.4. The van der Waals surface area contributed by atoms with Crippen molar-refractivity contribution in [1.29, 1.82) is 0 Å². The molecule has 1 heterocycles. The van der Waals surface area contributed by atoms with Gasteiger partial charge in [0, 0.05) is 9.75 Å². The van der Waals surface area contributed by atoms with Gasteiger partial charge in [-0.05, 0) is 49.6 Å². The lowest BCUT2D eigenvalue weighted by Crippen LogP contribution is -2.28. The van der Waals surface area contributed by atoms with Crippen LogP contribution < -0.4 is 16.0 Å². The number of rotatable bonds is 5. The molecule has 0 saturated carbocycles. The average Bonchev–Trinajstić information content (AvgIpc) is 2.76. The molecule has 2 aromatic rings. The number of nitrogens with one attached hydrogen (secondary N) is 1. The summed E-state index contributed by atoms with van der Waals surface area (Å²) in [5.41, 5.74) is 5.45. The topological polar surface area (TPSA) is 47.3 Å². The van der Waals surface area contributed by atoms with Gasteiger partial charge in [0.1, 0.15) is 5.75 Å². The molecule has 1 unspecified atom stereocenters. The minimum Gasteiger partial charge on any atom is -0.497 e. The van der Waals surface area contributed by atoms with Crippen LogP contribution in [0.1, 0.15) is 26.9 Å². The van der Waals surface area contributed by atoms with Crippen molar-refractivity contribution in [3.05, 3.63) is 51.2 Å². The van der Waals surface area contributed by atoms with Crippen LogP contribution in [-0.2, 0) is 6.42 Å². The van der Waals surface area contributed by atoms with E-state index in [9.17, 15) is 0 Å². The summed E-state index contributed by atoms with van der Waals surface area (Å²) in [5, 5.41) is 0. The van der Waals surface area contributed by atoms with Crippen LogP contribution in [0.25, 0.3) is 0 Å². The predicted octanol–water partition coefficient (Wildman–Crippen LogP) is 3.12. The number of hydrazine groups is 1. The van der Waals surface area contributed by atoms with Crippen LogP contribution in [0.2, 0.25) is 0 Å². The summed E-state index contributed by atoms with van der Waals surface area (Å²) in [6.07, 6.45) is 0.854. The van der Waals surface area contributed by atoms with Crippen molar-refractivity contribution in [3.63, 3.8) is 0 Å². The first-order valence-corrected chi connectivity index (χ1v) is 7.11. The van der Waals surface area contributed by atoms with Crippen LogP contribution in [-0.4, -0.2) is 7.11 Å². The largest absolute Gasteiger partial charge is 0.497 e. The van der Waals surface area contributed by atoms with E-state index in [-0.39, 0.29) is 6.04 Å². The molecule has 1 aromatic heterocycles. The van der Waals surface area contributed by atoms with Crippen LogP contribution >= 0.6 is 11.3 Å². The zero-order chi connectivity index (χ0) is 13.8. The number of aryl methyl sites for hydroxylation is 2. The number of ether oxygens (including phenoxy) is 1. The first kappa shape index (κ1) is 14.1. The Bertz CT molecular complexity index is 531. The Balaban J connectivity index is 2.18. The van der Waals surface area contributed by atoms with Crippen LogP contribution in [0.3, 0.4) is 0 Å². The summed E-state index contributed by atoms with van der Waals surface area (Å²) in [4.78, 5) is 2.63. The van der Waals surface area contributed by atoms with E-state index in [1.54, 1.807) is 18.4 Å². The van der Waals surface area contributed by atoms with Gasteiger partial charge in [-0.25, -0.2) is 0 Å². The molecule has 3 nitrogen and oxygen atoms in total. The van der Waals surface area contributed by atoms with Gasteiger partial charge in [0.15, 0.2) is 0 Å².